The molecule has 15 heavy (non-hydrogen) atoms. The Morgan fingerprint density at radius 1 is 1.40 bits per heavy atom. The third kappa shape index (κ3) is 3.56. The van der Waals surface area contributed by atoms with Gasteiger partial charge in [0.15, 0.2) is 0 Å². The Morgan fingerprint density at radius 3 is 2.60 bits per heavy atom. The van der Waals surface area contributed by atoms with Gasteiger partial charge in [-0.25, -0.2) is 18.4 Å². The Morgan fingerprint density at radius 2 is 2.07 bits per heavy atom. The summed E-state index contributed by atoms with van der Waals surface area (Å²) in [6.07, 6.45) is -0.920. The second-order valence-electron chi connectivity index (χ2n) is 2.80. The van der Waals surface area contributed by atoms with Crippen molar-refractivity contribution in [2.24, 2.45) is 10.9 Å². The first-order valence-electron chi connectivity index (χ1n) is 3.93. The molecule has 0 radical (unpaired) electrons. The lowest BCUT2D eigenvalue weighted by Gasteiger charge is -2.03. The van der Waals surface area contributed by atoms with Crippen molar-refractivity contribution >= 4 is 16.1 Å². The van der Waals surface area contributed by atoms with E-state index in [2.05, 4.69) is 4.74 Å². The standard InChI is InChI=1S/C8H10N2O4S/c9-8(11)14-5-6-2-1-3-7(4-6)15(10,12)13/h1-4H,5H2,(H2,9,11)(H2,10,12,13). The van der Waals surface area contributed by atoms with E-state index in [1.807, 2.05) is 0 Å². The lowest BCUT2D eigenvalue weighted by atomic mass is 10.2. The highest BCUT2D eigenvalue weighted by Crippen LogP contribution is 2.10. The topological polar surface area (TPSA) is 112 Å². The third-order valence-electron chi connectivity index (χ3n) is 1.61. The Balaban J connectivity index is 2.89. The molecule has 0 saturated carbocycles. The van der Waals surface area contributed by atoms with Crippen molar-refractivity contribution in [2.45, 2.75) is 11.5 Å². The molecule has 0 bridgehead atoms. The van der Waals surface area contributed by atoms with Crippen LogP contribution >= 0.6 is 0 Å². The van der Waals surface area contributed by atoms with Crippen LogP contribution in [0.5, 0.6) is 0 Å². The minimum Gasteiger partial charge on any atom is -0.445 e. The number of nitrogens with two attached hydrogens (primary N) is 2. The molecule has 0 aliphatic heterocycles. The first kappa shape index (κ1) is 11.5. The lowest BCUT2D eigenvalue weighted by Crippen LogP contribution is -2.14. The Kier molecular flexibility index (Phi) is 3.28. The molecule has 0 aliphatic rings. The second kappa shape index (κ2) is 4.28. The zero-order chi connectivity index (χ0) is 11.5. The molecule has 0 aromatic heterocycles. The van der Waals surface area contributed by atoms with Gasteiger partial charge in [-0.2, -0.15) is 0 Å². The quantitative estimate of drug-likeness (QED) is 0.756. The van der Waals surface area contributed by atoms with E-state index in [1.165, 1.54) is 18.2 Å². The first-order valence-corrected chi connectivity index (χ1v) is 5.48. The summed E-state index contributed by atoms with van der Waals surface area (Å²) in [5.74, 6) is 0. The van der Waals surface area contributed by atoms with Crippen LogP contribution in [-0.2, 0) is 21.4 Å². The molecular weight excluding hydrogens is 220 g/mol. The molecule has 82 valence electrons. The molecule has 0 aliphatic carbocycles. The van der Waals surface area contributed by atoms with Crippen molar-refractivity contribution in [3.8, 4) is 0 Å². The molecule has 4 N–H and O–H groups in total. The number of amides is 1. The van der Waals surface area contributed by atoms with E-state index in [0.29, 0.717) is 5.56 Å². The summed E-state index contributed by atoms with van der Waals surface area (Å²) in [6, 6.07) is 5.76. The van der Waals surface area contributed by atoms with Gasteiger partial charge < -0.3 is 10.5 Å². The van der Waals surface area contributed by atoms with Crippen LogP contribution in [0.25, 0.3) is 0 Å². The summed E-state index contributed by atoms with van der Waals surface area (Å²) in [4.78, 5) is 10.3. The molecule has 0 heterocycles. The minimum atomic E-state index is -3.74. The van der Waals surface area contributed by atoms with Crippen molar-refractivity contribution in [3.05, 3.63) is 29.8 Å². The van der Waals surface area contributed by atoms with Gasteiger partial charge in [0.2, 0.25) is 10.0 Å². The van der Waals surface area contributed by atoms with E-state index in [-0.39, 0.29) is 11.5 Å². The van der Waals surface area contributed by atoms with Gasteiger partial charge in [0, 0.05) is 0 Å². The molecule has 1 amide bonds. The number of primary amides is 1. The van der Waals surface area contributed by atoms with E-state index in [1.54, 1.807) is 6.07 Å². The number of hydrogen-bond donors (Lipinski definition) is 2. The zero-order valence-electron chi connectivity index (χ0n) is 7.71. The van der Waals surface area contributed by atoms with E-state index in [9.17, 15) is 13.2 Å². The highest BCUT2D eigenvalue weighted by Gasteiger charge is 2.08. The molecule has 6 nitrogen and oxygen atoms in total. The summed E-state index contributed by atoms with van der Waals surface area (Å²) in [6.45, 7) is -0.0846. The maximum absolute atomic E-state index is 11.0. The van der Waals surface area contributed by atoms with Crippen molar-refractivity contribution in [2.75, 3.05) is 0 Å². The fourth-order valence-electron chi connectivity index (χ4n) is 0.967. The fourth-order valence-corrected chi connectivity index (χ4v) is 1.55. The van der Waals surface area contributed by atoms with E-state index >= 15 is 0 Å². The number of hydrogen-bond acceptors (Lipinski definition) is 4. The average molecular weight is 230 g/mol. The molecular formula is C8H10N2O4S. The predicted molar refractivity (Wildman–Crippen MR) is 52.2 cm³/mol. The van der Waals surface area contributed by atoms with Gasteiger partial charge in [0.25, 0.3) is 0 Å². The maximum Gasteiger partial charge on any atom is 0.404 e. The van der Waals surface area contributed by atoms with Gasteiger partial charge in [-0.1, -0.05) is 12.1 Å². The normalized spacial score (nSPS) is 11.0. The second-order valence-corrected chi connectivity index (χ2v) is 4.36. The van der Waals surface area contributed by atoms with Crippen LogP contribution in [0, 0.1) is 0 Å². The van der Waals surface area contributed by atoms with Crippen molar-refractivity contribution in [1.82, 2.24) is 0 Å². The monoisotopic (exact) mass is 230 g/mol. The number of carbonyl (C=O) groups excluding carboxylic acids is 1. The summed E-state index contributed by atoms with van der Waals surface area (Å²) >= 11 is 0. The summed E-state index contributed by atoms with van der Waals surface area (Å²) in [5.41, 5.74) is 5.26. The molecule has 1 aromatic rings. The average Bonchev–Trinajstić information content (AvgIpc) is 2.14. The number of sulfonamides is 1. The van der Waals surface area contributed by atoms with Crippen LogP contribution in [0.2, 0.25) is 0 Å². The zero-order valence-corrected chi connectivity index (χ0v) is 8.53. The molecule has 7 heteroatoms. The highest BCUT2D eigenvalue weighted by atomic mass is 32.2. The Hall–Kier alpha value is -1.60. The highest BCUT2D eigenvalue weighted by molar-refractivity contribution is 7.89. The molecule has 1 rings (SSSR count). The van der Waals surface area contributed by atoms with Crippen molar-refractivity contribution in [1.29, 1.82) is 0 Å². The summed E-state index contributed by atoms with van der Waals surface area (Å²) in [5, 5.41) is 4.92. The number of ether oxygens (including phenoxy) is 1. The molecule has 0 unspecified atom stereocenters. The van der Waals surface area contributed by atoms with E-state index < -0.39 is 16.1 Å². The van der Waals surface area contributed by atoms with Crippen LogP contribution in [0.15, 0.2) is 29.2 Å². The molecule has 0 fully saturated rings. The minimum absolute atomic E-state index is 0.0342. The molecule has 0 atom stereocenters. The van der Waals surface area contributed by atoms with Gasteiger partial charge in [-0.15, -0.1) is 0 Å². The van der Waals surface area contributed by atoms with E-state index in [0.717, 1.165) is 0 Å². The number of benzene rings is 1. The Bertz CT molecular complexity index is 469. The van der Waals surface area contributed by atoms with E-state index in [4.69, 9.17) is 10.9 Å². The van der Waals surface area contributed by atoms with Crippen LogP contribution in [0.3, 0.4) is 0 Å². The molecule has 0 spiro atoms. The third-order valence-corrected chi connectivity index (χ3v) is 2.52. The van der Waals surface area contributed by atoms with Gasteiger partial charge in [0.05, 0.1) is 4.90 Å². The first-order chi connectivity index (χ1) is 6.89. The van der Waals surface area contributed by atoms with Crippen LogP contribution in [-0.4, -0.2) is 14.5 Å². The van der Waals surface area contributed by atoms with Crippen LogP contribution in [0.4, 0.5) is 4.79 Å². The smallest absolute Gasteiger partial charge is 0.404 e. The van der Waals surface area contributed by atoms with Gasteiger partial charge in [-0.05, 0) is 17.7 Å². The van der Waals surface area contributed by atoms with Crippen molar-refractivity contribution < 1.29 is 17.9 Å². The number of carbonyl (C=O) groups is 1. The van der Waals surface area contributed by atoms with Crippen LogP contribution < -0.4 is 10.9 Å². The molecule has 0 saturated heterocycles. The largest absolute Gasteiger partial charge is 0.445 e. The van der Waals surface area contributed by atoms with Gasteiger partial charge >= 0.3 is 6.09 Å². The number of rotatable bonds is 3. The number of primary sulfonamides is 1. The van der Waals surface area contributed by atoms with Gasteiger partial charge in [0.1, 0.15) is 6.61 Å². The van der Waals surface area contributed by atoms with Crippen molar-refractivity contribution in [3.63, 3.8) is 0 Å². The maximum atomic E-state index is 11.0. The van der Waals surface area contributed by atoms with Crippen LogP contribution in [0.1, 0.15) is 5.56 Å². The summed E-state index contributed by atoms with van der Waals surface area (Å²) in [7, 11) is -3.74. The predicted octanol–water partition coefficient (Wildman–Crippen LogP) is -0.0707. The summed E-state index contributed by atoms with van der Waals surface area (Å²) < 4.78 is 26.4. The fraction of sp³-hybridized carbons (Fsp3) is 0.125. The SMILES string of the molecule is NC(=O)OCc1cccc(S(N)(=O)=O)c1. The van der Waals surface area contributed by atoms with Gasteiger partial charge in [-0.3, -0.25) is 0 Å². The lowest BCUT2D eigenvalue weighted by molar-refractivity contribution is 0.150. The Labute approximate surface area is 86.9 Å². The molecule has 1 aromatic carbocycles.